The van der Waals surface area contributed by atoms with E-state index in [4.69, 9.17) is 5.11 Å². The van der Waals surface area contributed by atoms with Crippen molar-refractivity contribution in [2.45, 2.75) is 56.5 Å². The second kappa shape index (κ2) is 6.47. The monoisotopic (exact) mass is 323 g/mol. The maximum Gasteiger partial charge on any atom is 0.322 e. The highest BCUT2D eigenvalue weighted by Crippen LogP contribution is 2.48. The summed E-state index contributed by atoms with van der Waals surface area (Å²) < 4.78 is 0. The molecule has 3 saturated carbocycles. The summed E-state index contributed by atoms with van der Waals surface area (Å²) in [5, 5.41) is 17.6. The second-order valence-corrected chi connectivity index (χ2v) is 7.14. The summed E-state index contributed by atoms with van der Waals surface area (Å²) in [5.41, 5.74) is -0.501. The first-order valence-electron chi connectivity index (χ1n) is 8.55. The zero-order valence-electron chi connectivity index (χ0n) is 13.3. The molecule has 23 heavy (non-hydrogen) atoms. The van der Waals surface area contributed by atoms with E-state index in [-0.39, 0.29) is 30.3 Å². The van der Waals surface area contributed by atoms with Gasteiger partial charge in [0, 0.05) is 0 Å². The molecule has 128 valence electrons. The van der Waals surface area contributed by atoms with E-state index >= 15 is 0 Å². The van der Waals surface area contributed by atoms with Crippen molar-refractivity contribution < 1.29 is 19.5 Å². The van der Waals surface area contributed by atoms with Gasteiger partial charge in [0.25, 0.3) is 0 Å². The van der Waals surface area contributed by atoms with E-state index in [9.17, 15) is 14.4 Å². The lowest BCUT2D eigenvalue weighted by Crippen LogP contribution is -2.64. The van der Waals surface area contributed by atoms with Gasteiger partial charge in [-0.3, -0.25) is 14.4 Å². The van der Waals surface area contributed by atoms with Crippen molar-refractivity contribution >= 4 is 17.8 Å². The van der Waals surface area contributed by atoms with Crippen LogP contribution in [0.2, 0.25) is 0 Å². The van der Waals surface area contributed by atoms with E-state index in [1.54, 1.807) is 0 Å². The van der Waals surface area contributed by atoms with E-state index in [0.717, 1.165) is 51.5 Å². The number of carbonyl (C=O) groups excluding carboxylic acids is 2. The third-order valence-electron chi connectivity index (χ3n) is 5.71. The second-order valence-electron chi connectivity index (χ2n) is 7.14. The molecule has 1 heterocycles. The van der Waals surface area contributed by atoms with E-state index in [1.807, 2.05) is 0 Å². The predicted octanol–water partition coefficient (Wildman–Crippen LogP) is 0.00430. The summed E-state index contributed by atoms with van der Waals surface area (Å²) in [5.74, 6) is -1.11. The molecule has 4 N–H and O–H groups in total. The van der Waals surface area contributed by atoms with Crippen LogP contribution in [0.5, 0.6) is 0 Å². The Morgan fingerprint density at radius 3 is 2.48 bits per heavy atom. The van der Waals surface area contributed by atoms with Gasteiger partial charge in [0.1, 0.15) is 6.54 Å². The average molecular weight is 323 g/mol. The first-order valence-corrected chi connectivity index (χ1v) is 8.55. The quantitative estimate of drug-likeness (QED) is 0.570. The lowest BCUT2D eigenvalue weighted by atomic mass is 9.59. The molecule has 4 aliphatic rings. The Labute approximate surface area is 135 Å². The molecule has 7 heteroatoms. The number of fused-ring (bicyclic) bond motifs is 3. The fourth-order valence-electron chi connectivity index (χ4n) is 4.43. The van der Waals surface area contributed by atoms with Crippen LogP contribution < -0.4 is 16.0 Å². The smallest absolute Gasteiger partial charge is 0.322 e. The van der Waals surface area contributed by atoms with E-state index in [1.165, 1.54) is 0 Å². The molecule has 0 spiro atoms. The first kappa shape index (κ1) is 16.2. The lowest BCUT2D eigenvalue weighted by Gasteiger charge is -2.51. The molecular formula is C16H25N3O4. The molecule has 0 aromatic heterocycles. The van der Waals surface area contributed by atoms with Gasteiger partial charge in [-0.1, -0.05) is 0 Å². The van der Waals surface area contributed by atoms with Crippen LogP contribution in [0.3, 0.4) is 0 Å². The number of carboxylic acids is 1. The molecule has 7 nitrogen and oxygen atoms in total. The van der Waals surface area contributed by atoms with Crippen molar-refractivity contribution in [2.75, 3.05) is 13.1 Å². The van der Waals surface area contributed by atoms with Gasteiger partial charge < -0.3 is 21.1 Å². The van der Waals surface area contributed by atoms with Crippen molar-refractivity contribution in [3.8, 4) is 0 Å². The molecule has 0 aromatic rings. The number of hydrogen-bond acceptors (Lipinski definition) is 4. The SMILES string of the molecule is O=C(O)CNC(=O)[C@H]1CC2CCC1(NC(=O)[C@@H]1CCCN1)CC2. The number of nitrogens with one attached hydrogen (secondary N) is 3. The van der Waals surface area contributed by atoms with Gasteiger partial charge in [-0.15, -0.1) is 0 Å². The highest BCUT2D eigenvalue weighted by atomic mass is 16.4. The Balaban J connectivity index is 1.70. The summed E-state index contributed by atoms with van der Waals surface area (Å²) in [6, 6.07) is -0.160. The zero-order chi connectivity index (χ0) is 16.4. The van der Waals surface area contributed by atoms with Crippen molar-refractivity contribution in [1.82, 2.24) is 16.0 Å². The maximum absolute atomic E-state index is 12.5. The summed E-state index contributed by atoms with van der Waals surface area (Å²) in [6.07, 6.45) is 6.24. The topological polar surface area (TPSA) is 108 Å². The van der Waals surface area contributed by atoms with E-state index in [0.29, 0.717) is 5.92 Å². The number of rotatable bonds is 5. The summed E-state index contributed by atoms with van der Waals surface area (Å²) in [6.45, 7) is 0.490. The third-order valence-corrected chi connectivity index (χ3v) is 5.71. The summed E-state index contributed by atoms with van der Waals surface area (Å²) in [7, 11) is 0. The van der Waals surface area contributed by atoms with Crippen molar-refractivity contribution in [3.63, 3.8) is 0 Å². The maximum atomic E-state index is 12.5. The minimum Gasteiger partial charge on any atom is -0.480 e. The standard InChI is InChI=1S/C16H25N3O4/c20-13(21)9-18-14(22)11-8-10-3-5-16(11,6-4-10)19-15(23)12-2-1-7-17-12/h10-12,17H,1-9H2,(H,18,22)(H,19,23)(H,20,21)/t10?,11-,12+,16?/m1/s1. The number of carboxylic acid groups (broad SMARTS) is 1. The number of carbonyl (C=O) groups is 3. The Morgan fingerprint density at radius 1 is 1.13 bits per heavy atom. The lowest BCUT2D eigenvalue weighted by molar-refractivity contribution is -0.142. The Bertz CT molecular complexity index is 494. The minimum absolute atomic E-state index is 0.0149. The van der Waals surface area contributed by atoms with E-state index in [2.05, 4.69) is 16.0 Å². The average Bonchev–Trinajstić information content (AvgIpc) is 3.08. The summed E-state index contributed by atoms with van der Waals surface area (Å²) >= 11 is 0. The van der Waals surface area contributed by atoms with Crippen LogP contribution in [0, 0.1) is 11.8 Å². The molecule has 4 rings (SSSR count). The van der Waals surface area contributed by atoms with Crippen LogP contribution in [0.25, 0.3) is 0 Å². The Morgan fingerprint density at radius 2 is 1.87 bits per heavy atom. The fraction of sp³-hybridized carbons (Fsp3) is 0.812. The van der Waals surface area contributed by atoms with Crippen LogP contribution in [-0.2, 0) is 14.4 Å². The Hall–Kier alpha value is -1.63. The molecule has 2 bridgehead atoms. The highest BCUT2D eigenvalue weighted by molar-refractivity contribution is 5.87. The normalized spacial score (nSPS) is 35.7. The number of amides is 2. The van der Waals surface area contributed by atoms with Gasteiger partial charge in [-0.05, 0) is 57.4 Å². The first-order chi connectivity index (χ1) is 11.0. The van der Waals surface area contributed by atoms with Crippen molar-refractivity contribution in [2.24, 2.45) is 11.8 Å². The Kier molecular flexibility index (Phi) is 4.57. The van der Waals surface area contributed by atoms with Gasteiger partial charge in [0.2, 0.25) is 11.8 Å². The largest absolute Gasteiger partial charge is 0.480 e. The van der Waals surface area contributed by atoms with Crippen LogP contribution in [-0.4, -0.2) is 47.6 Å². The van der Waals surface area contributed by atoms with Gasteiger partial charge >= 0.3 is 5.97 Å². The van der Waals surface area contributed by atoms with Gasteiger partial charge in [0.15, 0.2) is 0 Å². The molecule has 1 aliphatic heterocycles. The number of aliphatic carboxylic acids is 1. The van der Waals surface area contributed by atoms with Crippen LogP contribution in [0.15, 0.2) is 0 Å². The highest BCUT2D eigenvalue weighted by Gasteiger charge is 2.52. The van der Waals surface area contributed by atoms with Crippen LogP contribution >= 0.6 is 0 Å². The molecule has 0 unspecified atom stereocenters. The molecular weight excluding hydrogens is 298 g/mol. The predicted molar refractivity (Wildman–Crippen MR) is 82.6 cm³/mol. The summed E-state index contributed by atoms with van der Waals surface area (Å²) in [4.78, 5) is 35.7. The molecule has 3 aliphatic carbocycles. The van der Waals surface area contributed by atoms with Gasteiger partial charge in [-0.2, -0.15) is 0 Å². The molecule has 2 amide bonds. The van der Waals surface area contributed by atoms with Gasteiger partial charge in [0.05, 0.1) is 17.5 Å². The minimum atomic E-state index is -1.05. The molecule has 1 saturated heterocycles. The van der Waals surface area contributed by atoms with Crippen molar-refractivity contribution in [3.05, 3.63) is 0 Å². The molecule has 2 atom stereocenters. The van der Waals surface area contributed by atoms with E-state index < -0.39 is 11.5 Å². The fourth-order valence-corrected chi connectivity index (χ4v) is 4.43. The van der Waals surface area contributed by atoms with Crippen LogP contribution in [0.4, 0.5) is 0 Å². The van der Waals surface area contributed by atoms with Gasteiger partial charge in [-0.25, -0.2) is 0 Å². The molecule has 0 aromatic carbocycles. The van der Waals surface area contributed by atoms with Crippen molar-refractivity contribution in [1.29, 1.82) is 0 Å². The molecule has 4 fully saturated rings. The third kappa shape index (κ3) is 3.34. The molecule has 0 radical (unpaired) electrons. The zero-order valence-corrected chi connectivity index (χ0v) is 13.3. The number of hydrogen-bond donors (Lipinski definition) is 4. The van der Waals surface area contributed by atoms with Crippen LogP contribution in [0.1, 0.15) is 44.9 Å².